The molecule has 0 unspecified atom stereocenters. The Hall–Kier alpha value is -3.72. The molecule has 4 N–H and O–H groups in total. The highest BCUT2D eigenvalue weighted by molar-refractivity contribution is 5.85. The van der Waals surface area contributed by atoms with Gasteiger partial charge in [-0.25, -0.2) is 9.37 Å². The van der Waals surface area contributed by atoms with Crippen LogP contribution in [0.5, 0.6) is 5.75 Å². The number of halogens is 1. The third-order valence-electron chi connectivity index (χ3n) is 4.70. The number of fused-ring (bicyclic) bond motifs is 1. The minimum absolute atomic E-state index is 0.0638. The van der Waals surface area contributed by atoms with Gasteiger partial charge < -0.3 is 20.5 Å². The van der Waals surface area contributed by atoms with E-state index in [1.165, 1.54) is 0 Å². The topological polar surface area (TPSA) is 108 Å². The summed E-state index contributed by atoms with van der Waals surface area (Å²) >= 11 is 0. The third-order valence-corrected chi connectivity index (χ3v) is 4.70. The van der Waals surface area contributed by atoms with E-state index in [4.69, 9.17) is 9.84 Å². The second-order valence-electron chi connectivity index (χ2n) is 7.59. The fourth-order valence-corrected chi connectivity index (χ4v) is 3.26. The largest absolute Gasteiger partial charge is 0.491 e. The minimum Gasteiger partial charge on any atom is -0.491 e. The predicted octanol–water partition coefficient (Wildman–Crippen LogP) is 4.69. The van der Waals surface area contributed by atoms with Crippen molar-refractivity contribution in [3.63, 3.8) is 0 Å². The molecule has 0 amide bonds. The summed E-state index contributed by atoms with van der Waals surface area (Å²) in [5, 5.41) is 23.4. The van der Waals surface area contributed by atoms with Gasteiger partial charge >= 0.3 is 0 Å². The maximum absolute atomic E-state index is 14.3. The molecule has 4 aromatic rings. The van der Waals surface area contributed by atoms with Gasteiger partial charge in [0, 0.05) is 23.4 Å². The van der Waals surface area contributed by atoms with E-state index in [1.807, 2.05) is 44.2 Å². The van der Waals surface area contributed by atoms with Crippen LogP contribution < -0.4 is 15.4 Å². The zero-order chi connectivity index (χ0) is 22.5. The molecular weight excluding hydrogens is 411 g/mol. The van der Waals surface area contributed by atoms with Crippen molar-refractivity contribution in [3.8, 4) is 5.75 Å². The molecule has 9 heteroatoms. The predicted molar refractivity (Wildman–Crippen MR) is 122 cm³/mol. The maximum atomic E-state index is 14.3. The van der Waals surface area contributed by atoms with Crippen LogP contribution in [0.4, 0.5) is 27.5 Å². The summed E-state index contributed by atoms with van der Waals surface area (Å²) in [6.07, 6.45) is 2.56. The van der Waals surface area contributed by atoms with Gasteiger partial charge in [0.1, 0.15) is 5.75 Å². The van der Waals surface area contributed by atoms with Gasteiger partial charge in [-0.2, -0.15) is 10.1 Å². The molecule has 0 aliphatic heterocycles. The number of aromatic amines is 1. The van der Waals surface area contributed by atoms with E-state index in [0.717, 1.165) is 34.2 Å². The number of aromatic nitrogens is 4. The molecule has 0 atom stereocenters. The molecule has 0 fully saturated rings. The molecule has 2 heterocycles. The van der Waals surface area contributed by atoms with Crippen LogP contribution in [0.3, 0.4) is 0 Å². The normalized spacial score (nSPS) is 11.2. The summed E-state index contributed by atoms with van der Waals surface area (Å²) in [5.74, 6) is 0.502. The lowest BCUT2D eigenvalue weighted by Crippen LogP contribution is -2.05. The van der Waals surface area contributed by atoms with Crippen LogP contribution in [0.25, 0.3) is 10.9 Å². The summed E-state index contributed by atoms with van der Waals surface area (Å²) in [6, 6.07) is 12.9. The van der Waals surface area contributed by atoms with Gasteiger partial charge in [-0.05, 0) is 69.2 Å². The smallest absolute Gasteiger partial charge is 0.229 e. The van der Waals surface area contributed by atoms with Crippen molar-refractivity contribution in [1.29, 1.82) is 0 Å². The van der Waals surface area contributed by atoms with Crippen LogP contribution >= 0.6 is 0 Å². The van der Waals surface area contributed by atoms with Crippen LogP contribution in [0.15, 0.2) is 48.7 Å². The second kappa shape index (κ2) is 9.61. The molecule has 0 spiro atoms. The van der Waals surface area contributed by atoms with Gasteiger partial charge in [0.25, 0.3) is 0 Å². The van der Waals surface area contributed by atoms with Crippen molar-refractivity contribution >= 4 is 34.0 Å². The highest BCUT2D eigenvalue weighted by Crippen LogP contribution is 2.25. The number of ether oxygens (including phenoxy) is 1. The van der Waals surface area contributed by atoms with Crippen molar-refractivity contribution in [2.75, 3.05) is 17.2 Å². The van der Waals surface area contributed by atoms with Crippen LogP contribution in [0.2, 0.25) is 0 Å². The molecule has 8 nitrogen and oxygen atoms in total. The fraction of sp³-hybridized carbons (Fsp3) is 0.261. The Labute approximate surface area is 184 Å². The average Bonchev–Trinajstić information content (AvgIpc) is 3.18. The Morgan fingerprint density at radius 2 is 1.88 bits per heavy atom. The molecule has 32 heavy (non-hydrogen) atoms. The third kappa shape index (κ3) is 5.12. The van der Waals surface area contributed by atoms with Gasteiger partial charge in [0.15, 0.2) is 11.6 Å². The van der Waals surface area contributed by atoms with Gasteiger partial charge in [-0.15, -0.1) is 0 Å². The SMILES string of the molecule is CC(C)Oc1ccc(Nc2nc(Nc3ccc4c(CCCO)n[nH]c4c3)ncc2F)cc1. The Morgan fingerprint density at radius 3 is 2.62 bits per heavy atom. The first kappa shape index (κ1) is 21.5. The zero-order valence-corrected chi connectivity index (χ0v) is 17.9. The Balaban J connectivity index is 1.49. The van der Waals surface area contributed by atoms with E-state index >= 15 is 0 Å². The van der Waals surface area contributed by atoms with E-state index in [0.29, 0.717) is 18.5 Å². The van der Waals surface area contributed by atoms with Crippen molar-refractivity contribution in [2.24, 2.45) is 0 Å². The molecule has 0 aliphatic rings. The number of aryl methyl sites for hydroxylation is 1. The summed E-state index contributed by atoms with van der Waals surface area (Å²) in [4.78, 5) is 8.30. The number of benzene rings is 2. The summed E-state index contributed by atoms with van der Waals surface area (Å²) < 4.78 is 19.9. The first-order valence-electron chi connectivity index (χ1n) is 10.4. The quantitative estimate of drug-likeness (QED) is 0.301. The Morgan fingerprint density at radius 1 is 1.09 bits per heavy atom. The molecule has 0 bridgehead atoms. The Kier molecular flexibility index (Phi) is 6.46. The first-order valence-corrected chi connectivity index (χ1v) is 10.4. The lowest BCUT2D eigenvalue weighted by atomic mass is 10.1. The number of nitrogens with zero attached hydrogens (tertiary/aromatic N) is 3. The molecule has 2 aromatic heterocycles. The number of hydrogen-bond donors (Lipinski definition) is 4. The van der Waals surface area contributed by atoms with E-state index in [9.17, 15) is 4.39 Å². The van der Waals surface area contributed by atoms with Gasteiger partial charge in [0.05, 0.1) is 23.5 Å². The van der Waals surface area contributed by atoms with Gasteiger partial charge in [0.2, 0.25) is 5.95 Å². The van der Waals surface area contributed by atoms with Crippen molar-refractivity contribution in [1.82, 2.24) is 20.2 Å². The van der Waals surface area contributed by atoms with Crippen molar-refractivity contribution in [2.45, 2.75) is 32.8 Å². The standard InChI is InChI=1S/C23H25FN6O2/c1-14(2)32-17-8-5-15(6-9-17)26-22-19(24)13-25-23(28-22)27-16-7-10-18-20(4-3-11-31)29-30-21(18)12-16/h5-10,12-14,31H,3-4,11H2,1-2H3,(H,29,30)(H2,25,26,27,28). The monoisotopic (exact) mass is 436 g/mol. The Bertz CT molecular complexity index is 1190. The lowest BCUT2D eigenvalue weighted by molar-refractivity contribution is 0.242. The number of aliphatic hydroxyl groups is 1. The van der Waals surface area contributed by atoms with Crippen LogP contribution in [0.1, 0.15) is 26.0 Å². The van der Waals surface area contributed by atoms with Gasteiger partial charge in [-0.1, -0.05) is 0 Å². The summed E-state index contributed by atoms with van der Waals surface area (Å²) in [6.45, 7) is 4.04. The number of hydrogen-bond acceptors (Lipinski definition) is 7. The molecular formula is C23H25FN6O2. The number of nitrogens with one attached hydrogen (secondary N) is 3. The van der Waals surface area contributed by atoms with Crippen molar-refractivity contribution < 1.29 is 14.2 Å². The fourth-order valence-electron chi connectivity index (χ4n) is 3.26. The highest BCUT2D eigenvalue weighted by Gasteiger charge is 2.10. The second-order valence-corrected chi connectivity index (χ2v) is 7.59. The van der Waals surface area contributed by atoms with E-state index in [-0.39, 0.29) is 24.5 Å². The lowest BCUT2D eigenvalue weighted by Gasteiger charge is -2.12. The maximum Gasteiger partial charge on any atom is 0.229 e. The molecule has 2 aromatic carbocycles. The average molecular weight is 436 g/mol. The van der Waals surface area contributed by atoms with E-state index in [2.05, 4.69) is 30.8 Å². The molecule has 0 aliphatic carbocycles. The zero-order valence-electron chi connectivity index (χ0n) is 17.9. The molecule has 4 rings (SSSR count). The van der Waals surface area contributed by atoms with Crippen LogP contribution in [-0.4, -0.2) is 38.0 Å². The van der Waals surface area contributed by atoms with Crippen molar-refractivity contribution in [3.05, 3.63) is 60.2 Å². The minimum atomic E-state index is -0.560. The van der Waals surface area contributed by atoms with E-state index < -0.39 is 5.82 Å². The summed E-state index contributed by atoms with van der Waals surface area (Å²) in [5.41, 5.74) is 3.18. The number of anilines is 4. The molecule has 0 saturated carbocycles. The molecule has 0 saturated heterocycles. The highest BCUT2D eigenvalue weighted by atomic mass is 19.1. The van der Waals surface area contributed by atoms with E-state index in [1.54, 1.807) is 12.1 Å². The van der Waals surface area contributed by atoms with Gasteiger partial charge in [-0.3, -0.25) is 5.10 Å². The summed E-state index contributed by atoms with van der Waals surface area (Å²) in [7, 11) is 0. The number of aliphatic hydroxyl groups excluding tert-OH is 1. The van der Waals surface area contributed by atoms with Crippen LogP contribution in [-0.2, 0) is 6.42 Å². The number of rotatable bonds is 9. The van der Waals surface area contributed by atoms with Crippen LogP contribution in [0, 0.1) is 5.82 Å². The first-order chi connectivity index (χ1) is 15.5. The number of H-pyrrole nitrogens is 1. The molecule has 166 valence electrons. The molecule has 0 radical (unpaired) electrons.